The van der Waals surface area contributed by atoms with Crippen molar-refractivity contribution in [3.05, 3.63) is 47.7 Å². The van der Waals surface area contributed by atoms with Crippen molar-refractivity contribution in [2.45, 2.75) is 31.2 Å². The number of carbonyl (C=O) groups is 1. The average Bonchev–Trinajstić information content (AvgIpc) is 2.72. The summed E-state index contributed by atoms with van der Waals surface area (Å²) in [5, 5.41) is 2.39. The van der Waals surface area contributed by atoms with Gasteiger partial charge in [0.15, 0.2) is 12.3 Å². The number of carbonyl (C=O) groups excluding carboxylic acids is 1. The van der Waals surface area contributed by atoms with Gasteiger partial charge in [-0.3, -0.25) is 4.79 Å². The first kappa shape index (κ1) is 22.2. The predicted octanol–water partition coefficient (Wildman–Crippen LogP) is 2.71. The van der Waals surface area contributed by atoms with Crippen molar-refractivity contribution in [3.8, 4) is 5.88 Å². The lowest BCUT2D eigenvalue weighted by Gasteiger charge is -2.38. The van der Waals surface area contributed by atoms with Gasteiger partial charge in [0.05, 0.1) is 12.4 Å². The van der Waals surface area contributed by atoms with Gasteiger partial charge in [-0.05, 0) is 25.1 Å². The first-order valence-corrected chi connectivity index (χ1v) is 8.72. The fraction of sp³-hybridized carbons (Fsp3) is 0.333. The van der Waals surface area contributed by atoms with E-state index in [0.29, 0.717) is 0 Å². The van der Waals surface area contributed by atoms with E-state index in [4.69, 9.17) is 5.73 Å². The number of hydrogen-bond acceptors (Lipinski definition) is 7. The molecule has 0 unspecified atom stereocenters. The van der Waals surface area contributed by atoms with Gasteiger partial charge in [-0.25, -0.2) is 36.9 Å². The molecule has 0 bridgehead atoms. The Kier molecular flexibility index (Phi) is 6.22. The third-order valence-electron chi connectivity index (χ3n) is 4.51. The number of amides is 1. The second kappa shape index (κ2) is 8.70. The Hall–Kier alpha value is -3.51. The van der Waals surface area contributed by atoms with E-state index in [1.165, 1.54) is 6.07 Å². The molecule has 0 aliphatic carbocycles. The van der Waals surface area contributed by atoms with Crippen LogP contribution < -0.4 is 15.8 Å². The van der Waals surface area contributed by atoms with Crippen LogP contribution in [0.1, 0.15) is 23.0 Å². The molecule has 3 N–H and O–H groups in total. The SMILES string of the molecule is C[C@]1(c2cc(NC(=O)c3cnc(OCF)cn3)ccc2F)N=C(N)O[C@H](C(F)F)[C@@H]1F. The third-order valence-corrected chi connectivity index (χ3v) is 4.51. The summed E-state index contributed by atoms with van der Waals surface area (Å²) in [7, 11) is 0. The highest BCUT2D eigenvalue weighted by atomic mass is 19.3. The number of hydrogen-bond donors (Lipinski definition) is 2. The smallest absolute Gasteiger partial charge is 0.283 e. The van der Waals surface area contributed by atoms with E-state index in [-0.39, 0.29) is 17.3 Å². The minimum Gasteiger partial charge on any atom is -0.453 e. The molecule has 13 heteroatoms. The van der Waals surface area contributed by atoms with Crippen LogP contribution in [-0.4, -0.2) is 47.5 Å². The quantitative estimate of drug-likeness (QED) is 0.662. The zero-order valence-electron chi connectivity index (χ0n) is 15.9. The molecule has 0 radical (unpaired) electrons. The van der Waals surface area contributed by atoms with Crippen molar-refractivity contribution < 1.29 is 36.2 Å². The van der Waals surface area contributed by atoms with Crippen LogP contribution in [0, 0.1) is 5.82 Å². The van der Waals surface area contributed by atoms with Gasteiger partial charge in [-0.15, -0.1) is 0 Å². The summed E-state index contributed by atoms with van der Waals surface area (Å²) >= 11 is 0. The molecule has 166 valence electrons. The van der Waals surface area contributed by atoms with Crippen LogP contribution in [0.3, 0.4) is 0 Å². The van der Waals surface area contributed by atoms with E-state index in [1.807, 2.05) is 0 Å². The highest BCUT2D eigenvalue weighted by Crippen LogP contribution is 2.40. The molecule has 0 saturated carbocycles. The molecular formula is C18H16F5N5O3. The first-order valence-electron chi connectivity index (χ1n) is 8.72. The molecule has 2 heterocycles. The van der Waals surface area contributed by atoms with Crippen LogP contribution in [0.5, 0.6) is 5.88 Å². The number of aromatic nitrogens is 2. The van der Waals surface area contributed by atoms with Crippen LogP contribution in [0.2, 0.25) is 0 Å². The van der Waals surface area contributed by atoms with Crippen LogP contribution in [-0.2, 0) is 10.3 Å². The molecule has 0 spiro atoms. The van der Waals surface area contributed by atoms with Gasteiger partial charge in [0.1, 0.15) is 17.1 Å². The Balaban J connectivity index is 1.89. The van der Waals surface area contributed by atoms with E-state index < -0.39 is 54.4 Å². The summed E-state index contributed by atoms with van der Waals surface area (Å²) in [5.74, 6) is -1.88. The number of anilines is 1. The second-order valence-corrected chi connectivity index (χ2v) is 6.56. The van der Waals surface area contributed by atoms with Crippen LogP contribution in [0.25, 0.3) is 0 Å². The Morgan fingerprint density at radius 3 is 2.71 bits per heavy atom. The summed E-state index contributed by atoms with van der Waals surface area (Å²) in [6.07, 6.45) is -5.89. The van der Waals surface area contributed by atoms with Crippen LogP contribution in [0.4, 0.5) is 27.6 Å². The van der Waals surface area contributed by atoms with Crippen molar-refractivity contribution >= 4 is 17.6 Å². The fourth-order valence-corrected chi connectivity index (χ4v) is 2.97. The number of rotatable bonds is 6. The monoisotopic (exact) mass is 445 g/mol. The number of amidine groups is 1. The Morgan fingerprint density at radius 2 is 2.10 bits per heavy atom. The maximum atomic E-state index is 14.9. The second-order valence-electron chi connectivity index (χ2n) is 6.56. The minimum atomic E-state index is -3.24. The number of aliphatic imine (C=N–C) groups is 1. The van der Waals surface area contributed by atoms with Gasteiger partial charge in [0, 0.05) is 11.3 Å². The normalized spacial score (nSPS) is 23.1. The standard InChI is InChI=1S/C18H16F5N5O3/c1-18(14(21)13(15(22)23)31-17(24)28-18)9-4-8(2-3-10(9)20)27-16(29)11-5-26-12(6-25-11)30-7-19/h2-6,13-15H,7H2,1H3,(H2,24,28)(H,27,29)/t13-,14-,18+/m0/s1. The van der Waals surface area contributed by atoms with Crippen molar-refractivity contribution in [2.75, 3.05) is 12.2 Å². The Morgan fingerprint density at radius 1 is 1.35 bits per heavy atom. The number of halogens is 5. The molecule has 3 rings (SSSR count). The molecular weight excluding hydrogens is 429 g/mol. The summed E-state index contributed by atoms with van der Waals surface area (Å²) in [6.45, 7) is -0.0428. The van der Waals surface area contributed by atoms with E-state index in [9.17, 15) is 26.7 Å². The number of ether oxygens (including phenoxy) is 2. The molecule has 1 aromatic carbocycles. The molecule has 3 atom stereocenters. The van der Waals surface area contributed by atoms with E-state index in [0.717, 1.165) is 31.5 Å². The largest absolute Gasteiger partial charge is 0.453 e. The molecule has 1 amide bonds. The number of nitrogens with two attached hydrogens (primary N) is 1. The van der Waals surface area contributed by atoms with Crippen LogP contribution >= 0.6 is 0 Å². The van der Waals surface area contributed by atoms with E-state index >= 15 is 0 Å². The summed E-state index contributed by atoms with van der Waals surface area (Å²) in [5.41, 5.74) is 2.65. The Bertz CT molecular complexity index is 991. The van der Waals surface area contributed by atoms with Gasteiger partial charge >= 0.3 is 0 Å². The van der Waals surface area contributed by atoms with Crippen molar-refractivity contribution in [1.29, 1.82) is 0 Å². The molecule has 1 aliphatic rings. The minimum absolute atomic E-state index is 0.00503. The number of benzene rings is 1. The zero-order chi connectivity index (χ0) is 22.8. The van der Waals surface area contributed by atoms with Gasteiger partial charge < -0.3 is 20.5 Å². The molecule has 0 fully saturated rings. The maximum Gasteiger partial charge on any atom is 0.283 e. The summed E-state index contributed by atoms with van der Waals surface area (Å²) in [4.78, 5) is 23.5. The summed E-state index contributed by atoms with van der Waals surface area (Å²) < 4.78 is 76.8. The fourth-order valence-electron chi connectivity index (χ4n) is 2.97. The lowest BCUT2D eigenvalue weighted by Crippen LogP contribution is -2.52. The van der Waals surface area contributed by atoms with Gasteiger partial charge in [-0.1, -0.05) is 0 Å². The highest BCUT2D eigenvalue weighted by molar-refractivity contribution is 6.02. The number of alkyl halides is 4. The van der Waals surface area contributed by atoms with Gasteiger partial charge in [0.25, 0.3) is 18.4 Å². The highest BCUT2D eigenvalue weighted by Gasteiger charge is 2.51. The molecule has 2 aromatic rings. The lowest BCUT2D eigenvalue weighted by molar-refractivity contribution is -0.0741. The first-order chi connectivity index (χ1) is 14.7. The van der Waals surface area contributed by atoms with Crippen LogP contribution in [0.15, 0.2) is 35.6 Å². The molecule has 31 heavy (non-hydrogen) atoms. The van der Waals surface area contributed by atoms with Gasteiger partial charge in [0.2, 0.25) is 12.7 Å². The number of nitrogens with zero attached hydrogens (tertiary/aromatic N) is 3. The number of nitrogens with one attached hydrogen (secondary N) is 1. The predicted molar refractivity (Wildman–Crippen MR) is 97.7 cm³/mol. The molecule has 1 aromatic heterocycles. The lowest BCUT2D eigenvalue weighted by atomic mass is 9.83. The van der Waals surface area contributed by atoms with Crippen molar-refractivity contribution in [2.24, 2.45) is 10.7 Å². The topological polar surface area (TPSA) is 112 Å². The molecule has 0 saturated heterocycles. The van der Waals surface area contributed by atoms with Crippen molar-refractivity contribution in [3.63, 3.8) is 0 Å². The van der Waals surface area contributed by atoms with E-state index in [1.54, 1.807) is 0 Å². The Labute approximate surface area is 172 Å². The third kappa shape index (κ3) is 4.49. The maximum absolute atomic E-state index is 14.9. The van der Waals surface area contributed by atoms with Gasteiger partial charge in [-0.2, -0.15) is 0 Å². The average molecular weight is 445 g/mol. The molecule has 8 nitrogen and oxygen atoms in total. The summed E-state index contributed by atoms with van der Waals surface area (Å²) in [6, 6.07) is 2.39. The zero-order valence-corrected chi connectivity index (χ0v) is 15.9. The van der Waals surface area contributed by atoms with E-state index in [2.05, 4.69) is 29.8 Å². The molecule has 1 aliphatic heterocycles. The van der Waals surface area contributed by atoms with Crippen molar-refractivity contribution in [1.82, 2.24) is 9.97 Å².